The molecule has 4 rings (SSSR count). The predicted molar refractivity (Wildman–Crippen MR) is 157 cm³/mol. The van der Waals surface area contributed by atoms with E-state index in [1.807, 2.05) is 44.2 Å². The van der Waals surface area contributed by atoms with Gasteiger partial charge in [0.15, 0.2) is 5.75 Å². The van der Waals surface area contributed by atoms with E-state index in [1.165, 1.54) is 22.9 Å². The van der Waals surface area contributed by atoms with E-state index < -0.39 is 29.1 Å². The summed E-state index contributed by atoms with van der Waals surface area (Å²) in [6, 6.07) is 23.9. The second-order valence-corrected chi connectivity index (χ2v) is 12.1. The third-order valence-electron chi connectivity index (χ3n) is 6.02. The Bertz CT molecular complexity index is 1580. The third-order valence-corrected chi connectivity index (χ3v) is 7.75. The maximum Gasteiger partial charge on any atom is 0.475 e. The number of halogens is 1. The minimum atomic E-state index is -4.15. The van der Waals surface area contributed by atoms with Crippen LogP contribution < -0.4 is 9.50 Å². The highest BCUT2D eigenvalue weighted by atomic mass is 79.9. The zero-order valence-electron chi connectivity index (χ0n) is 21.9. The first kappa shape index (κ1) is 29.5. The highest BCUT2D eigenvalue weighted by molar-refractivity contribution is 9.10. The second kappa shape index (κ2) is 12.8. The molecule has 0 aliphatic rings. The number of benzene rings is 3. The van der Waals surface area contributed by atoms with Crippen molar-refractivity contribution in [1.29, 1.82) is 0 Å². The van der Waals surface area contributed by atoms with Gasteiger partial charge in [0, 0.05) is 10.0 Å². The lowest BCUT2D eigenvalue weighted by molar-refractivity contribution is -0.122. The molecule has 3 N–H and O–H groups in total. The number of hydrogen-bond acceptors (Lipinski definition) is 7. The van der Waals surface area contributed by atoms with Gasteiger partial charge in [-0.1, -0.05) is 78.3 Å². The van der Waals surface area contributed by atoms with E-state index in [0.29, 0.717) is 27.8 Å². The highest BCUT2D eigenvalue weighted by Crippen LogP contribution is 2.34. The molecule has 0 aliphatic carbocycles. The number of amides is 1. The molecule has 4 aromatic rings. The summed E-state index contributed by atoms with van der Waals surface area (Å²) in [5, 5.41) is 26.8. The van der Waals surface area contributed by atoms with Crippen molar-refractivity contribution in [1.82, 2.24) is 15.1 Å². The lowest BCUT2D eigenvalue weighted by atomic mass is 9.75. The molecule has 0 fully saturated rings. The standard InChI is InChI=1S/C28H29BBrN3O6S/c1-19(2)15-27(29(35)36)31-28(34)18-33-25(20-9-4-3-5-10-20)17-24(32-33)23-13-6-7-14-26(23)39-40(37,38)22-12-8-11-21(30)16-22/h3-14,16-17,19,27,35-36H,15,18H2,1-2H3,(H,31,34). The molecule has 1 amide bonds. The van der Waals surface area contributed by atoms with Crippen molar-refractivity contribution in [2.75, 3.05) is 0 Å². The normalized spacial score (nSPS) is 12.2. The van der Waals surface area contributed by atoms with E-state index in [2.05, 4.69) is 26.3 Å². The van der Waals surface area contributed by atoms with Gasteiger partial charge in [0.25, 0.3) is 0 Å². The van der Waals surface area contributed by atoms with Gasteiger partial charge in [-0.3, -0.25) is 9.48 Å². The average molecular weight is 626 g/mol. The van der Waals surface area contributed by atoms with E-state index >= 15 is 0 Å². The summed E-state index contributed by atoms with van der Waals surface area (Å²) >= 11 is 3.28. The summed E-state index contributed by atoms with van der Waals surface area (Å²) in [6.45, 7) is 3.64. The Labute approximate surface area is 242 Å². The lowest BCUT2D eigenvalue weighted by Crippen LogP contribution is -2.48. The molecule has 1 heterocycles. The number of carbonyl (C=O) groups is 1. The number of aromatic nitrogens is 2. The fourth-order valence-corrected chi connectivity index (χ4v) is 5.75. The van der Waals surface area contributed by atoms with E-state index in [4.69, 9.17) is 4.18 Å². The zero-order valence-corrected chi connectivity index (χ0v) is 24.3. The van der Waals surface area contributed by atoms with Crippen LogP contribution in [0.4, 0.5) is 0 Å². The number of para-hydroxylation sites is 1. The van der Waals surface area contributed by atoms with Crippen molar-refractivity contribution in [2.24, 2.45) is 5.92 Å². The van der Waals surface area contributed by atoms with E-state index in [0.717, 1.165) is 5.56 Å². The van der Waals surface area contributed by atoms with Crippen molar-refractivity contribution < 1.29 is 27.4 Å². The predicted octanol–water partition coefficient (Wildman–Crippen LogP) is 4.29. The zero-order chi connectivity index (χ0) is 28.9. The number of carbonyl (C=O) groups excluding carboxylic acids is 1. The Kier molecular flexibility index (Phi) is 9.46. The maximum atomic E-state index is 13.0. The van der Waals surface area contributed by atoms with E-state index in [9.17, 15) is 23.3 Å². The average Bonchev–Trinajstić information content (AvgIpc) is 3.32. The van der Waals surface area contributed by atoms with Crippen LogP contribution in [0.3, 0.4) is 0 Å². The molecular weight excluding hydrogens is 597 g/mol. The molecule has 0 aliphatic heterocycles. The summed E-state index contributed by atoms with van der Waals surface area (Å²) in [5.74, 6) is -1.07. The summed E-state index contributed by atoms with van der Waals surface area (Å²) in [7, 11) is -5.85. The SMILES string of the molecule is CC(C)CC(NC(=O)Cn1nc(-c2ccccc2OS(=O)(=O)c2cccc(Br)c2)cc1-c1ccccc1)B(O)O. The molecule has 1 atom stereocenters. The first-order valence-electron chi connectivity index (χ1n) is 12.6. The topological polar surface area (TPSA) is 131 Å². The van der Waals surface area contributed by atoms with Gasteiger partial charge in [-0.05, 0) is 54.3 Å². The Morgan fingerprint density at radius 2 is 1.73 bits per heavy atom. The number of nitrogens with zero attached hydrogens (tertiary/aromatic N) is 2. The molecular formula is C28H29BBrN3O6S. The Morgan fingerprint density at radius 1 is 1.02 bits per heavy atom. The second-order valence-electron chi connectivity index (χ2n) is 9.65. The molecule has 0 saturated heterocycles. The van der Waals surface area contributed by atoms with Gasteiger partial charge >= 0.3 is 17.2 Å². The minimum absolute atomic E-state index is 0.00845. The molecule has 208 valence electrons. The molecule has 0 radical (unpaired) electrons. The first-order valence-corrected chi connectivity index (χ1v) is 14.8. The molecule has 1 aromatic heterocycles. The smallest absolute Gasteiger partial charge is 0.426 e. The molecule has 40 heavy (non-hydrogen) atoms. The molecule has 9 nitrogen and oxygen atoms in total. The maximum absolute atomic E-state index is 13.0. The van der Waals surface area contributed by atoms with E-state index in [-0.39, 0.29) is 23.1 Å². The van der Waals surface area contributed by atoms with Gasteiger partial charge < -0.3 is 19.5 Å². The van der Waals surface area contributed by atoms with Crippen LogP contribution in [0.2, 0.25) is 0 Å². The Morgan fingerprint density at radius 3 is 2.40 bits per heavy atom. The van der Waals surface area contributed by atoms with Crippen LogP contribution >= 0.6 is 15.9 Å². The van der Waals surface area contributed by atoms with Crippen LogP contribution in [-0.2, 0) is 21.5 Å². The monoisotopic (exact) mass is 625 g/mol. The first-order chi connectivity index (χ1) is 19.0. The fraction of sp³-hybridized carbons (Fsp3) is 0.214. The van der Waals surface area contributed by atoms with Crippen molar-refractivity contribution in [2.45, 2.75) is 37.6 Å². The van der Waals surface area contributed by atoms with Crippen LogP contribution in [0.15, 0.2) is 94.3 Å². The molecule has 0 bridgehead atoms. The Hall–Kier alpha value is -3.45. The fourth-order valence-electron chi connectivity index (χ4n) is 4.20. The summed E-state index contributed by atoms with van der Waals surface area (Å²) < 4.78 is 33.7. The molecule has 3 aromatic carbocycles. The summed E-state index contributed by atoms with van der Waals surface area (Å²) in [6.07, 6.45) is 0.385. The minimum Gasteiger partial charge on any atom is -0.426 e. The van der Waals surface area contributed by atoms with Crippen LogP contribution in [0, 0.1) is 5.92 Å². The van der Waals surface area contributed by atoms with Crippen molar-refractivity contribution in [3.05, 3.63) is 89.4 Å². The van der Waals surface area contributed by atoms with Crippen LogP contribution in [-0.4, -0.2) is 47.2 Å². The van der Waals surface area contributed by atoms with Crippen molar-refractivity contribution in [3.63, 3.8) is 0 Å². The van der Waals surface area contributed by atoms with Crippen molar-refractivity contribution >= 4 is 39.1 Å². The van der Waals surface area contributed by atoms with Gasteiger partial charge in [-0.15, -0.1) is 0 Å². The molecule has 0 saturated carbocycles. The van der Waals surface area contributed by atoms with Gasteiger partial charge in [-0.2, -0.15) is 13.5 Å². The molecule has 0 spiro atoms. The molecule has 1 unspecified atom stereocenters. The summed E-state index contributed by atoms with van der Waals surface area (Å²) in [5.41, 5.74) is 2.21. The van der Waals surface area contributed by atoms with Gasteiger partial charge in [0.1, 0.15) is 11.4 Å². The van der Waals surface area contributed by atoms with Gasteiger partial charge in [0.2, 0.25) is 5.91 Å². The number of nitrogens with one attached hydrogen (secondary N) is 1. The Balaban J connectivity index is 1.69. The van der Waals surface area contributed by atoms with Gasteiger partial charge in [0.05, 0.1) is 17.3 Å². The summed E-state index contributed by atoms with van der Waals surface area (Å²) in [4.78, 5) is 13.0. The van der Waals surface area contributed by atoms with Gasteiger partial charge in [-0.25, -0.2) is 0 Å². The van der Waals surface area contributed by atoms with Crippen molar-refractivity contribution in [3.8, 4) is 28.3 Å². The quantitative estimate of drug-likeness (QED) is 0.167. The van der Waals surface area contributed by atoms with Crippen LogP contribution in [0.25, 0.3) is 22.5 Å². The third kappa shape index (κ3) is 7.39. The van der Waals surface area contributed by atoms with Crippen LogP contribution in [0.5, 0.6) is 5.75 Å². The van der Waals surface area contributed by atoms with Crippen LogP contribution in [0.1, 0.15) is 20.3 Å². The lowest BCUT2D eigenvalue weighted by Gasteiger charge is -2.20. The highest BCUT2D eigenvalue weighted by Gasteiger charge is 2.27. The number of hydrogen-bond donors (Lipinski definition) is 3. The number of rotatable bonds is 11. The van der Waals surface area contributed by atoms with E-state index in [1.54, 1.807) is 36.4 Å². The largest absolute Gasteiger partial charge is 0.475 e. The molecule has 12 heteroatoms.